The molecule has 0 spiro atoms. The summed E-state index contributed by atoms with van der Waals surface area (Å²) in [5.41, 5.74) is 1.32. The van der Waals surface area contributed by atoms with Gasteiger partial charge >= 0.3 is 5.97 Å². The third-order valence-corrected chi connectivity index (χ3v) is 4.14. The number of esters is 1. The molecule has 4 heteroatoms. The quantitative estimate of drug-likeness (QED) is 0.756. The van der Waals surface area contributed by atoms with Crippen LogP contribution in [0, 0.1) is 0 Å². The van der Waals surface area contributed by atoms with Crippen molar-refractivity contribution in [1.29, 1.82) is 0 Å². The van der Waals surface area contributed by atoms with Crippen LogP contribution in [0.1, 0.15) is 37.7 Å². The van der Waals surface area contributed by atoms with Crippen molar-refractivity contribution in [2.75, 3.05) is 13.7 Å². The molecule has 4 nitrogen and oxygen atoms in total. The van der Waals surface area contributed by atoms with Crippen LogP contribution in [0.15, 0.2) is 30.3 Å². The molecule has 0 radical (unpaired) electrons. The number of carbonyl (C=O) groups is 1. The van der Waals surface area contributed by atoms with Crippen molar-refractivity contribution in [2.45, 2.75) is 50.7 Å². The Morgan fingerprint density at radius 3 is 2.48 bits per heavy atom. The van der Waals surface area contributed by atoms with E-state index in [1.165, 1.54) is 38.4 Å². The molecule has 1 fully saturated rings. The standard InChI is InChI=1S/C17H26N2O2/c1-21-17(20)11-12-18-15-9-5-6-10-16(15)19-13-14-7-3-2-4-8-14/h2-4,7-8,15-16,18-19H,5-6,9-13H2,1H3/t15-,16-/m1/s1. The topological polar surface area (TPSA) is 50.4 Å². The van der Waals surface area contributed by atoms with Crippen LogP contribution in [0.5, 0.6) is 0 Å². The van der Waals surface area contributed by atoms with Crippen molar-refractivity contribution in [2.24, 2.45) is 0 Å². The van der Waals surface area contributed by atoms with E-state index in [1.54, 1.807) is 0 Å². The fraction of sp³-hybridized carbons (Fsp3) is 0.588. The SMILES string of the molecule is COC(=O)CCN[C@@H]1CCCC[C@H]1NCc1ccccc1. The molecule has 116 valence electrons. The van der Waals surface area contributed by atoms with E-state index >= 15 is 0 Å². The number of hydrogen-bond donors (Lipinski definition) is 2. The van der Waals surface area contributed by atoms with Crippen molar-refractivity contribution in [3.05, 3.63) is 35.9 Å². The van der Waals surface area contributed by atoms with Gasteiger partial charge in [0.2, 0.25) is 0 Å². The first-order valence-corrected chi connectivity index (χ1v) is 7.87. The number of methoxy groups -OCH3 is 1. The number of ether oxygens (including phenoxy) is 1. The molecule has 0 aliphatic heterocycles. The average Bonchev–Trinajstić information content (AvgIpc) is 2.54. The van der Waals surface area contributed by atoms with Crippen LogP contribution in [0.25, 0.3) is 0 Å². The molecule has 0 bridgehead atoms. The third-order valence-electron chi connectivity index (χ3n) is 4.14. The predicted molar refractivity (Wildman–Crippen MR) is 84.0 cm³/mol. The number of hydrogen-bond acceptors (Lipinski definition) is 4. The van der Waals surface area contributed by atoms with Gasteiger partial charge in [-0.05, 0) is 18.4 Å². The van der Waals surface area contributed by atoms with Crippen LogP contribution >= 0.6 is 0 Å². The summed E-state index contributed by atoms with van der Waals surface area (Å²) >= 11 is 0. The Morgan fingerprint density at radius 1 is 1.14 bits per heavy atom. The highest BCUT2D eigenvalue weighted by molar-refractivity contribution is 5.69. The summed E-state index contributed by atoms with van der Waals surface area (Å²) < 4.78 is 4.68. The first-order chi connectivity index (χ1) is 10.3. The lowest BCUT2D eigenvalue weighted by Crippen LogP contribution is -2.50. The minimum absolute atomic E-state index is 0.146. The van der Waals surface area contributed by atoms with Gasteiger partial charge in [-0.15, -0.1) is 0 Å². The maximum Gasteiger partial charge on any atom is 0.306 e. The summed E-state index contributed by atoms with van der Waals surface area (Å²) in [6, 6.07) is 11.4. The molecule has 0 heterocycles. The maximum absolute atomic E-state index is 11.2. The van der Waals surface area contributed by atoms with E-state index in [4.69, 9.17) is 0 Å². The van der Waals surface area contributed by atoms with Crippen LogP contribution in [0.4, 0.5) is 0 Å². The first-order valence-electron chi connectivity index (χ1n) is 7.87. The second kappa shape index (κ2) is 8.80. The minimum atomic E-state index is -0.146. The molecule has 0 amide bonds. The van der Waals surface area contributed by atoms with Gasteiger partial charge in [-0.3, -0.25) is 4.79 Å². The molecule has 0 saturated heterocycles. The fourth-order valence-corrected chi connectivity index (χ4v) is 2.93. The van der Waals surface area contributed by atoms with Crippen molar-refractivity contribution < 1.29 is 9.53 Å². The number of rotatable bonds is 7. The van der Waals surface area contributed by atoms with Crippen LogP contribution in [0.3, 0.4) is 0 Å². The highest BCUT2D eigenvalue weighted by atomic mass is 16.5. The second-order valence-electron chi connectivity index (χ2n) is 5.64. The van der Waals surface area contributed by atoms with Crippen molar-refractivity contribution in [3.8, 4) is 0 Å². The predicted octanol–water partition coefficient (Wildman–Crippen LogP) is 2.24. The Balaban J connectivity index is 1.77. The van der Waals surface area contributed by atoms with Gasteiger partial charge in [-0.25, -0.2) is 0 Å². The van der Waals surface area contributed by atoms with Gasteiger partial charge in [0.15, 0.2) is 0 Å². The molecule has 2 atom stereocenters. The Kier molecular flexibility index (Phi) is 6.70. The van der Waals surface area contributed by atoms with E-state index in [2.05, 4.69) is 39.6 Å². The smallest absolute Gasteiger partial charge is 0.306 e. The monoisotopic (exact) mass is 290 g/mol. The van der Waals surface area contributed by atoms with Crippen molar-refractivity contribution in [3.63, 3.8) is 0 Å². The molecule has 2 rings (SSSR count). The van der Waals surface area contributed by atoms with E-state index in [0.29, 0.717) is 25.0 Å². The molecule has 21 heavy (non-hydrogen) atoms. The van der Waals surface area contributed by atoms with Gasteiger partial charge in [-0.2, -0.15) is 0 Å². The van der Waals surface area contributed by atoms with Gasteiger partial charge in [0.1, 0.15) is 0 Å². The van der Waals surface area contributed by atoms with Crippen LogP contribution in [-0.2, 0) is 16.1 Å². The fourth-order valence-electron chi connectivity index (χ4n) is 2.93. The highest BCUT2D eigenvalue weighted by Crippen LogP contribution is 2.19. The second-order valence-corrected chi connectivity index (χ2v) is 5.64. The van der Waals surface area contributed by atoms with E-state index < -0.39 is 0 Å². The molecule has 0 aromatic heterocycles. The summed E-state index contributed by atoms with van der Waals surface area (Å²) in [6.45, 7) is 1.60. The van der Waals surface area contributed by atoms with E-state index in [0.717, 1.165) is 6.54 Å². The molecule has 2 N–H and O–H groups in total. The molecule has 1 aromatic rings. The number of carbonyl (C=O) groups excluding carboxylic acids is 1. The Bertz CT molecular complexity index is 422. The van der Waals surface area contributed by atoms with Gasteiger partial charge in [0, 0.05) is 25.2 Å². The average molecular weight is 290 g/mol. The molecule has 1 saturated carbocycles. The van der Waals surface area contributed by atoms with E-state index in [9.17, 15) is 4.79 Å². The zero-order chi connectivity index (χ0) is 14.9. The Hall–Kier alpha value is -1.39. The zero-order valence-electron chi connectivity index (χ0n) is 12.8. The van der Waals surface area contributed by atoms with Gasteiger partial charge in [0.05, 0.1) is 13.5 Å². The largest absolute Gasteiger partial charge is 0.469 e. The number of nitrogens with one attached hydrogen (secondary N) is 2. The first kappa shape index (κ1) is 16.0. The number of benzene rings is 1. The molecular formula is C17H26N2O2. The molecular weight excluding hydrogens is 264 g/mol. The lowest BCUT2D eigenvalue weighted by atomic mass is 9.90. The summed E-state index contributed by atoms with van der Waals surface area (Å²) in [6.07, 6.45) is 5.36. The Labute approximate surface area is 127 Å². The van der Waals surface area contributed by atoms with Crippen molar-refractivity contribution in [1.82, 2.24) is 10.6 Å². The summed E-state index contributed by atoms with van der Waals surface area (Å²) in [5, 5.41) is 7.17. The normalized spacial score (nSPS) is 22.0. The molecule has 1 aliphatic rings. The molecule has 1 aliphatic carbocycles. The van der Waals surface area contributed by atoms with E-state index in [1.807, 2.05) is 6.07 Å². The maximum atomic E-state index is 11.2. The molecule has 0 unspecified atom stereocenters. The zero-order valence-corrected chi connectivity index (χ0v) is 12.8. The van der Waals surface area contributed by atoms with E-state index in [-0.39, 0.29) is 5.97 Å². The highest BCUT2D eigenvalue weighted by Gasteiger charge is 2.24. The lowest BCUT2D eigenvalue weighted by Gasteiger charge is -2.33. The van der Waals surface area contributed by atoms with Gasteiger partial charge in [-0.1, -0.05) is 43.2 Å². The summed E-state index contributed by atoms with van der Waals surface area (Å²) in [7, 11) is 1.44. The van der Waals surface area contributed by atoms with Gasteiger partial charge < -0.3 is 15.4 Å². The summed E-state index contributed by atoms with van der Waals surface area (Å²) in [5.74, 6) is -0.146. The Morgan fingerprint density at radius 2 is 1.81 bits per heavy atom. The minimum Gasteiger partial charge on any atom is -0.469 e. The third kappa shape index (κ3) is 5.48. The van der Waals surface area contributed by atoms with Gasteiger partial charge in [0.25, 0.3) is 0 Å². The van der Waals surface area contributed by atoms with Crippen LogP contribution < -0.4 is 10.6 Å². The summed E-state index contributed by atoms with van der Waals surface area (Å²) in [4.78, 5) is 11.2. The lowest BCUT2D eigenvalue weighted by molar-refractivity contribution is -0.140. The van der Waals surface area contributed by atoms with Crippen LogP contribution in [0.2, 0.25) is 0 Å². The van der Waals surface area contributed by atoms with Crippen molar-refractivity contribution >= 4 is 5.97 Å². The molecule has 1 aromatic carbocycles. The van der Waals surface area contributed by atoms with Crippen LogP contribution in [-0.4, -0.2) is 31.7 Å².